The molecule has 0 bridgehead atoms. The second-order valence-electron chi connectivity index (χ2n) is 2.52. The number of hydrogen-bond acceptors (Lipinski definition) is 2. The summed E-state index contributed by atoms with van der Waals surface area (Å²) in [6.45, 7) is 0.213. The molecule has 0 amide bonds. The highest BCUT2D eigenvalue weighted by atomic mass is 35.5. The summed E-state index contributed by atoms with van der Waals surface area (Å²) < 4.78 is 25.0. The molecule has 0 heterocycles. The molecule has 0 aliphatic rings. The van der Waals surface area contributed by atoms with Crippen LogP contribution in [0.3, 0.4) is 0 Å². The summed E-state index contributed by atoms with van der Waals surface area (Å²) >= 11 is 0. The van der Waals surface area contributed by atoms with Crippen molar-refractivity contribution in [3.63, 3.8) is 0 Å². The van der Waals surface area contributed by atoms with Gasteiger partial charge in [0, 0.05) is 12.6 Å². The van der Waals surface area contributed by atoms with E-state index in [-0.39, 0.29) is 19.0 Å². The predicted octanol–water partition coefficient (Wildman–Crippen LogP) is 1.35. The van der Waals surface area contributed by atoms with Gasteiger partial charge in [-0.15, -0.1) is 12.4 Å². The summed E-state index contributed by atoms with van der Waals surface area (Å²) in [7, 11) is 0. The van der Waals surface area contributed by atoms with E-state index >= 15 is 0 Å². The highest BCUT2D eigenvalue weighted by Crippen LogP contribution is 2.13. The van der Waals surface area contributed by atoms with E-state index in [1.54, 1.807) is 0 Å². The lowest BCUT2D eigenvalue weighted by Crippen LogP contribution is -2.20. The van der Waals surface area contributed by atoms with Gasteiger partial charge < -0.3 is 11.5 Å². The van der Waals surface area contributed by atoms with Gasteiger partial charge >= 0.3 is 0 Å². The molecular formula is C8H11ClF2N2. The summed E-state index contributed by atoms with van der Waals surface area (Å²) in [5.41, 5.74) is 11.3. The van der Waals surface area contributed by atoms with Gasteiger partial charge in [0.05, 0.1) is 0 Å². The highest BCUT2D eigenvalue weighted by Gasteiger charge is 2.07. The Morgan fingerprint density at radius 2 is 1.85 bits per heavy atom. The molecular weight excluding hydrogens is 198 g/mol. The molecule has 0 unspecified atom stereocenters. The third kappa shape index (κ3) is 2.91. The van der Waals surface area contributed by atoms with Crippen LogP contribution in [0.4, 0.5) is 8.78 Å². The third-order valence-electron chi connectivity index (χ3n) is 1.63. The maximum atomic E-state index is 12.6. The first kappa shape index (κ1) is 12.3. The maximum Gasteiger partial charge on any atom is 0.159 e. The van der Waals surface area contributed by atoms with Gasteiger partial charge in [-0.1, -0.05) is 6.07 Å². The second kappa shape index (κ2) is 5.11. The van der Waals surface area contributed by atoms with Crippen molar-refractivity contribution in [1.82, 2.24) is 0 Å². The molecule has 0 aliphatic heterocycles. The van der Waals surface area contributed by atoms with Gasteiger partial charge in [-0.2, -0.15) is 0 Å². The lowest BCUT2D eigenvalue weighted by Gasteiger charge is -2.08. The van der Waals surface area contributed by atoms with Crippen LogP contribution in [0, 0.1) is 11.6 Å². The molecule has 13 heavy (non-hydrogen) atoms. The van der Waals surface area contributed by atoms with Crippen LogP contribution in [0.5, 0.6) is 0 Å². The summed E-state index contributed by atoms with van der Waals surface area (Å²) in [5, 5.41) is 0. The van der Waals surface area contributed by atoms with Crippen LogP contribution in [0.25, 0.3) is 0 Å². The molecule has 0 aromatic heterocycles. The van der Waals surface area contributed by atoms with Crippen LogP contribution < -0.4 is 11.5 Å². The Kier molecular flexibility index (Phi) is 4.83. The fraction of sp³-hybridized carbons (Fsp3) is 0.250. The minimum atomic E-state index is -0.892. The van der Waals surface area contributed by atoms with Crippen molar-refractivity contribution in [2.45, 2.75) is 6.04 Å². The third-order valence-corrected chi connectivity index (χ3v) is 1.63. The lowest BCUT2D eigenvalue weighted by atomic mass is 10.1. The zero-order valence-corrected chi connectivity index (χ0v) is 7.65. The molecule has 1 aromatic carbocycles. The van der Waals surface area contributed by atoms with Gasteiger partial charge in [-0.3, -0.25) is 0 Å². The lowest BCUT2D eigenvalue weighted by molar-refractivity contribution is 0.505. The molecule has 0 radical (unpaired) electrons. The monoisotopic (exact) mass is 208 g/mol. The Morgan fingerprint density at radius 1 is 1.23 bits per heavy atom. The predicted molar refractivity (Wildman–Crippen MR) is 49.6 cm³/mol. The number of nitrogens with two attached hydrogens (primary N) is 2. The van der Waals surface area contributed by atoms with Gasteiger partial charge in [-0.05, 0) is 17.7 Å². The van der Waals surface area contributed by atoms with Crippen molar-refractivity contribution in [1.29, 1.82) is 0 Å². The normalized spacial score (nSPS) is 12.0. The SMILES string of the molecule is Cl.NC[C@@H](N)c1ccc(F)c(F)c1. The van der Waals surface area contributed by atoms with Gasteiger partial charge in [0.15, 0.2) is 11.6 Å². The Morgan fingerprint density at radius 3 is 2.31 bits per heavy atom. The molecule has 1 aromatic rings. The Bertz CT molecular complexity index is 281. The van der Waals surface area contributed by atoms with Crippen LogP contribution in [-0.2, 0) is 0 Å². The molecule has 0 aliphatic carbocycles. The van der Waals surface area contributed by atoms with Gasteiger partial charge in [0.1, 0.15) is 0 Å². The number of hydrogen-bond donors (Lipinski definition) is 2. The summed E-state index contributed by atoms with van der Waals surface area (Å²) in [5.74, 6) is -1.76. The first-order chi connectivity index (χ1) is 5.65. The van der Waals surface area contributed by atoms with Crippen molar-refractivity contribution in [3.8, 4) is 0 Å². The molecule has 5 heteroatoms. The first-order valence-electron chi connectivity index (χ1n) is 3.55. The van der Waals surface area contributed by atoms with E-state index < -0.39 is 17.7 Å². The van der Waals surface area contributed by atoms with Crippen molar-refractivity contribution in [2.24, 2.45) is 11.5 Å². The smallest absolute Gasteiger partial charge is 0.159 e. The van der Waals surface area contributed by atoms with Gasteiger partial charge in [0.2, 0.25) is 0 Å². The van der Waals surface area contributed by atoms with E-state index in [1.165, 1.54) is 6.07 Å². The largest absolute Gasteiger partial charge is 0.329 e. The van der Waals surface area contributed by atoms with E-state index in [1.807, 2.05) is 0 Å². The Hall–Kier alpha value is -0.710. The molecule has 74 valence electrons. The molecule has 0 spiro atoms. The van der Waals surface area contributed by atoms with Crippen molar-refractivity contribution >= 4 is 12.4 Å². The highest BCUT2D eigenvalue weighted by molar-refractivity contribution is 5.85. The number of benzene rings is 1. The van der Waals surface area contributed by atoms with Crippen molar-refractivity contribution in [3.05, 3.63) is 35.4 Å². The topological polar surface area (TPSA) is 52.0 Å². The fourth-order valence-electron chi connectivity index (χ4n) is 0.879. The van der Waals surface area contributed by atoms with E-state index in [9.17, 15) is 8.78 Å². The standard InChI is InChI=1S/C8H10F2N2.ClH/c9-6-2-1-5(3-7(6)10)8(12)4-11;/h1-3,8H,4,11-12H2;1H/t8-;/m1./s1. The van der Waals surface area contributed by atoms with Crippen LogP contribution in [0.2, 0.25) is 0 Å². The van der Waals surface area contributed by atoms with E-state index in [2.05, 4.69) is 0 Å². The Labute approximate surface area is 81.3 Å². The van der Waals surface area contributed by atoms with E-state index in [0.717, 1.165) is 12.1 Å². The Balaban J connectivity index is 0.00000144. The second-order valence-corrected chi connectivity index (χ2v) is 2.52. The molecule has 0 saturated heterocycles. The number of halogens is 3. The van der Waals surface area contributed by atoms with E-state index in [0.29, 0.717) is 5.56 Å². The maximum absolute atomic E-state index is 12.6. The quantitative estimate of drug-likeness (QED) is 0.771. The van der Waals surface area contributed by atoms with Gasteiger partial charge in [-0.25, -0.2) is 8.78 Å². The van der Waals surface area contributed by atoms with Crippen LogP contribution in [-0.4, -0.2) is 6.54 Å². The van der Waals surface area contributed by atoms with Crippen LogP contribution in [0.1, 0.15) is 11.6 Å². The molecule has 4 N–H and O–H groups in total. The number of rotatable bonds is 2. The summed E-state index contributed by atoms with van der Waals surface area (Å²) in [6.07, 6.45) is 0. The fourth-order valence-corrected chi connectivity index (χ4v) is 0.879. The molecule has 0 saturated carbocycles. The van der Waals surface area contributed by atoms with Crippen LogP contribution >= 0.6 is 12.4 Å². The average Bonchev–Trinajstić information content (AvgIpc) is 2.08. The first-order valence-corrected chi connectivity index (χ1v) is 3.55. The molecule has 0 fully saturated rings. The summed E-state index contributed by atoms with van der Waals surface area (Å²) in [4.78, 5) is 0. The zero-order chi connectivity index (χ0) is 9.14. The summed E-state index contributed by atoms with van der Waals surface area (Å²) in [6, 6.07) is 3.10. The minimum Gasteiger partial charge on any atom is -0.329 e. The van der Waals surface area contributed by atoms with Crippen molar-refractivity contribution < 1.29 is 8.78 Å². The van der Waals surface area contributed by atoms with Crippen molar-refractivity contribution in [2.75, 3.05) is 6.54 Å². The molecule has 1 rings (SSSR count). The van der Waals surface area contributed by atoms with Gasteiger partial charge in [0.25, 0.3) is 0 Å². The zero-order valence-electron chi connectivity index (χ0n) is 6.84. The minimum absolute atomic E-state index is 0. The van der Waals surface area contributed by atoms with E-state index in [4.69, 9.17) is 11.5 Å². The average molecular weight is 209 g/mol. The molecule has 1 atom stereocenters. The molecule has 2 nitrogen and oxygen atoms in total. The van der Waals surface area contributed by atoms with Crippen LogP contribution in [0.15, 0.2) is 18.2 Å².